The predicted octanol–water partition coefficient (Wildman–Crippen LogP) is 12.3. The largest absolute Gasteiger partial charge is 0.235 e. The Kier molecular flexibility index (Phi) is 6.82. The Hall–Kier alpha value is -6.08. The van der Waals surface area contributed by atoms with E-state index in [0.29, 0.717) is 17.5 Å². The van der Waals surface area contributed by atoms with Crippen molar-refractivity contribution in [1.29, 1.82) is 0 Å². The molecule has 50 heavy (non-hydrogen) atoms. The van der Waals surface area contributed by atoms with Crippen molar-refractivity contribution in [2.75, 3.05) is 0 Å². The minimum Gasteiger partial charge on any atom is -0.235 e. The van der Waals surface area contributed by atoms with Crippen LogP contribution in [0.15, 0.2) is 158 Å². The number of hydrogen-bond acceptors (Lipinski definition) is 6. The van der Waals surface area contributed by atoms with Gasteiger partial charge in [0, 0.05) is 48.0 Å². The van der Waals surface area contributed by atoms with Crippen molar-refractivity contribution in [2.24, 2.45) is 0 Å². The molecular formula is C44H26N4S2. The summed E-state index contributed by atoms with van der Waals surface area (Å²) < 4.78 is 3.70. The number of fused-ring (bicyclic) bond motifs is 5. The zero-order chi connectivity index (χ0) is 33.0. The van der Waals surface area contributed by atoms with Crippen molar-refractivity contribution in [1.82, 2.24) is 19.9 Å². The van der Waals surface area contributed by atoms with Crippen LogP contribution in [0, 0.1) is 0 Å². The van der Waals surface area contributed by atoms with Crippen molar-refractivity contribution in [3.05, 3.63) is 158 Å². The lowest BCUT2D eigenvalue weighted by atomic mass is 9.96. The molecule has 7 aromatic carbocycles. The Balaban J connectivity index is 1.20. The number of aromatic nitrogens is 4. The lowest BCUT2D eigenvalue weighted by Gasteiger charge is -2.11. The molecule has 10 rings (SSSR count). The zero-order valence-corrected chi connectivity index (χ0v) is 28.2. The second-order valence-corrected chi connectivity index (χ2v) is 14.4. The van der Waals surface area contributed by atoms with E-state index >= 15 is 0 Å². The van der Waals surface area contributed by atoms with E-state index in [4.69, 9.17) is 19.9 Å². The SMILES string of the molecule is c1ccc(-c2nc(-c3cccc(-c4c5nc(-c6ccccc6)sc5cc5sc6ccccc6c45)c3)nc(-c3ccc4ccccc4c3)n2)cc1. The minimum absolute atomic E-state index is 0.630. The van der Waals surface area contributed by atoms with Gasteiger partial charge in [-0.25, -0.2) is 19.9 Å². The molecule has 6 heteroatoms. The summed E-state index contributed by atoms with van der Waals surface area (Å²) in [6, 6.07) is 55.0. The Bertz CT molecular complexity index is 2880. The molecule has 3 aromatic heterocycles. The van der Waals surface area contributed by atoms with Crippen molar-refractivity contribution in [2.45, 2.75) is 0 Å². The summed E-state index contributed by atoms with van der Waals surface area (Å²) in [6.07, 6.45) is 0. The van der Waals surface area contributed by atoms with Crippen LogP contribution in [0.1, 0.15) is 0 Å². The van der Waals surface area contributed by atoms with Crippen LogP contribution in [0.4, 0.5) is 0 Å². The van der Waals surface area contributed by atoms with Crippen LogP contribution < -0.4 is 0 Å². The third kappa shape index (κ3) is 4.96. The van der Waals surface area contributed by atoms with E-state index in [0.717, 1.165) is 49.3 Å². The normalized spacial score (nSPS) is 11.6. The number of thiazole rings is 1. The first-order valence-corrected chi connectivity index (χ1v) is 18.1. The zero-order valence-electron chi connectivity index (χ0n) is 26.6. The Morgan fingerprint density at radius 3 is 1.78 bits per heavy atom. The second-order valence-electron chi connectivity index (χ2n) is 12.3. The van der Waals surface area contributed by atoms with E-state index in [1.165, 1.54) is 30.3 Å². The molecule has 234 valence electrons. The maximum Gasteiger partial charge on any atom is 0.164 e. The van der Waals surface area contributed by atoms with Crippen molar-refractivity contribution < 1.29 is 0 Å². The number of rotatable bonds is 5. The molecule has 0 aliphatic carbocycles. The van der Waals surface area contributed by atoms with Gasteiger partial charge in [-0.3, -0.25) is 0 Å². The van der Waals surface area contributed by atoms with Crippen molar-refractivity contribution >= 4 is 63.8 Å². The van der Waals surface area contributed by atoms with Crippen LogP contribution in [0.2, 0.25) is 0 Å². The number of nitrogens with zero attached hydrogens (tertiary/aromatic N) is 4. The van der Waals surface area contributed by atoms with Crippen molar-refractivity contribution in [3.63, 3.8) is 0 Å². The van der Waals surface area contributed by atoms with Crippen LogP contribution in [-0.2, 0) is 0 Å². The van der Waals surface area contributed by atoms with E-state index in [1.54, 1.807) is 11.3 Å². The highest BCUT2D eigenvalue weighted by Crippen LogP contribution is 2.46. The van der Waals surface area contributed by atoms with Crippen LogP contribution in [0.5, 0.6) is 0 Å². The van der Waals surface area contributed by atoms with Gasteiger partial charge in [-0.05, 0) is 40.6 Å². The standard InChI is InChI=1S/C44H26N4S2/c1-3-13-28(14-4-1)41-46-42(48-43(47-41)33-23-22-27-12-7-8-17-30(27)24-33)32-19-11-18-31(25-32)38-39-34-20-9-10-21-35(34)49-36(39)26-37-40(38)45-44(50-37)29-15-5-2-6-16-29/h1-26H. The van der Waals surface area contributed by atoms with Gasteiger partial charge >= 0.3 is 0 Å². The van der Waals surface area contributed by atoms with Crippen LogP contribution >= 0.6 is 22.7 Å². The molecule has 0 aliphatic heterocycles. The molecule has 0 unspecified atom stereocenters. The first-order valence-electron chi connectivity index (χ1n) is 16.5. The highest BCUT2D eigenvalue weighted by Gasteiger charge is 2.20. The average Bonchev–Trinajstić information content (AvgIpc) is 3.79. The molecule has 3 heterocycles. The molecule has 0 spiro atoms. The topological polar surface area (TPSA) is 51.6 Å². The average molecular weight is 675 g/mol. The monoisotopic (exact) mass is 674 g/mol. The van der Waals surface area contributed by atoms with Crippen LogP contribution in [-0.4, -0.2) is 19.9 Å². The van der Waals surface area contributed by atoms with Gasteiger partial charge in [0.1, 0.15) is 5.01 Å². The second kappa shape index (κ2) is 11.8. The van der Waals surface area contributed by atoms with Gasteiger partial charge in [0.2, 0.25) is 0 Å². The summed E-state index contributed by atoms with van der Waals surface area (Å²) in [4.78, 5) is 20.5. The van der Waals surface area contributed by atoms with E-state index in [9.17, 15) is 0 Å². The molecule has 0 aliphatic rings. The molecule has 0 saturated carbocycles. The predicted molar refractivity (Wildman–Crippen MR) is 211 cm³/mol. The molecule has 0 amide bonds. The highest BCUT2D eigenvalue weighted by molar-refractivity contribution is 7.27. The summed E-state index contributed by atoms with van der Waals surface area (Å²) in [5, 5.41) is 5.82. The molecule has 0 radical (unpaired) electrons. The lowest BCUT2D eigenvalue weighted by Crippen LogP contribution is -2.00. The lowest BCUT2D eigenvalue weighted by molar-refractivity contribution is 1.07. The molecule has 4 nitrogen and oxygen atoms in total. The van der Waals surface area contributed by atoms with Gasteiger partial charge in [-0.2, -0.15) is 0 Å². The fourth-order valence-electron chi connectivity index (χ4n) is 6.75. The summed E-state index contributed by atoms with van der Waals surface area (Å²) in [7, 11) is 0. The summed E-state index contributed by atoms with van der Waals surface area (Å²) in [5.74, 6) is 1.92. The Morgan fingerprint density at radius 2 is 0.980 bits per heavy atom. The molecule has 0 fully saturated rings. The first-order chi connectivity index (χ1) is 24.7. The summed E-state index contributed by atoms with van der Waals surface area (Å²) >= 11 is 3.58. The fraction of sp³-hybridized carbons (Fsp3) is 0. The van der Waals surface area contributed by atoms with Gasteiger partial charge in [0.15, 0.2) is 17.5 Å². The van der Waals surface area contributed by atoms with Gasteiger partial charge in [0.05, 0.1) is 10.2 Å². The molecule has 0 atom stereocenters. The molecule has 0 N–H and O–H groups in total. The van der Waals surface area contributed by atoms with Gasteiger partial charge in [-0.15, -0.1) is 22.7 Å². The van der Waals surface area contributed by atoms with E-state index in [-0.39, 0.29) is 0 Å². The van der Waals surface area contributed by atoms with E-state index < -0.39 is 0 Å². The van der Waals surface area contributed by atoms with Crippen LogP contribution in [0.25, 0.3) is 97.0 Å². The first kappa shape index (κ1) is 28.9. The summed E-state index contributed by atoms with van der Waals surface area (Å²) in [5.41, 5.74) is 7.19. The van der Waals surface area contributed by atoms with Crippen LogP contribution in [0.3, 0.4) is 0 Å². The van der Waals surface area contributed by atoms with Crippen molar-refractivity contribution in [3.8, 4) is 55.9 Å². The molecular weight excluding hydrogens is 649 g/mol. The van der Waals surface area contributed by atoms with E-state index in [2.05, 4.69) is 121 Å². The number of hydrogen-bond donors (Lipinski definition) is 0. The third-order valence-corrected chi connectivity index (χ3v) is 11.3. The van der Waals surface area contributed by atoms with Gasteiger partial charge in [-0.1, -0.05) is 133 Å². The quantitative estimate of drug-likeness (QED) is 0.182. The van der Waals surface area contributed by atoms with E-state index in [1.807, 2.05) is 47.7 Å². The smallest absolute Gasteiger partial charge is 0.164 e. The third-order valence-electron chi connectivity index (χ3n) is 9.13. The minimum atomic E-state index is 0.630. The molecule has 10 aromatic rings. The summed E-state index contributed by atoms with van der Waals surface area (Å²) in [6.45, 7) is 0. The van der Waals surface area contributed by atoms with Gasteiger partial charge < -0.3 is 0 Å². The Morgan fingerprint density at radius 1 is 0.360 bits per heavy atom. The number of benzene rings is 7. The number of thiophene rings is 1. The molecule has 0 saturated heterocycles. The Labute approximate surface area is 296 Å². The molecule has 0 bridgehead atoms. The maximum absolute atomic E-state index is 5.31. The maximum atomic E-state index is 5.31. The van der Waals surface area contributed by atoms with Gasteiger partial charge in [0.25, 0.3) is 0 Å². The highest BCUT2D eigenvalue weighted by atomic mass is 32.1. The fourth-order valence-corrected chi connectivity index (χ4v) is 9.00.